The predicted molar refractivity (Wildman–Crippen MR) is 70.6 cm³/mol. The van der Waals surface area contributed by atoms with E-state index in [2.05, 4.69) is 0 Å². The minimum atomic E-state index is -1.44. The first-order valence-electron chi connectivity index (χ1n) is 6.02. The number of carboxylic acids is 1. The molecule has 0 bridgehead atoms. The maximum absolute atomic E-state index is 14.0. The summed E-state index contributed by atoms with van der Waals surface area (Å²) in [5.74, 6) is -2.22. The fourth-order valence-electron chi connectivity index (χ4n) is 2.23. The van der Waals surface area contributed by atoms with Crippen LogP contribution in [0.15, 0.2) is 23.8 Å². The van der Waals surface area contributed by atoms with Crippen molar-refractivity contribution in [1.82, 2.24) is 0 Å². The lowest BCUT2D eigenvalue weighted by atomic mass is 10.1. The van der Waals surface area contributed by atoms with Gasteiger partial charge in [0.2, 0.25) is 0 Å². The Morgan fingerprint density at radius 3 is 2.75 bits per heavy atom. The van der Waals surface area contributed by atoms with Crippen molar-refractivity contribution in [3.05, 3.63) is 45.3 Å². The fourth-order valence-corrected chi connectivity index (χ4v) is 2.23. The molecule has 0 aromatic heterocycles. The molecule has 1 aliphatic rings. The van der Waals surface area contributed by atoms with Crippen LogP contribution in [0.3, 0.4) is 0 Å². The molecule has 1 N–H and O–H groups in total. The van der Waals surface area contributed by atoms with Crippen LogP contribution >= 0.6 is 0 Å². The highest BCUT2D eigenvalue weighted by Crippen LogP contribution is 2.30. The van der Waals surface area contributed by atoms with Gasteiger partial charge in [-0.3, -0.25) is 10.1 Å². The number of hydrogen-bond donors (Lipinski definition) is 1. The summed E-state index contributed by atoms with van der Waals surface area (Å²) in [5.41, 5.74) is -0.104. The van der Waals surface area contributed by atoms with Gasteiger partial charge in [0.05, 0.1) is 16.7 Å². The molecule has 106 valence electrons. The summed E-state index contributed by atoms with van der Waals surface area (Å²) < 4.78 is 14.0. The monoisotopic (exact) mass is 280 g/mol. The van der Waals surface area contributed by atoms with Gasteiger partial charge in [0.25, 0.3) is 5.69 Å². The van der Waals surface area contributed by atoms with Crippen LogP contribution in [-0.4, -0.2) is 29.1 Å². The van der Waals surface area contributed by atoms with Crippen LogP contribution < -0.4 is 4.90 Å². The van der Waals surface area contributed by atoms with E-state index in [1.54, 1.807) is 4.90 Å². The van der Waals surface area contributed by atoms with Gasteiger partial charge in [-0.25, -0.2) is 9.18 Å². The Morgan fingerprint density at radius 1 is 1.50 bits per heavy atom. The van der Waals surface area contributed by atoms with Gasteiger partial charge in [-0.05, 0) is 19.4 Å². The van der Waals surface area contributed by atoms with E-state index < -0.39 is 28.0 Å². The first kappa shape index (κ1) is 14.0. The molecule has 1 heterocycles. The summed E-state index contributed by atoms with van der Waals surface area (Å²) in [6.45, 7) is 2.92. The Hall–Kier alpha value is -2.44. The standard InChI is InChI=1S/C13H13FN2O4/c1-8-3-2-4-15(7-8)12-5-9(13(17)18)11(16(19)20)6-10(12)14/h3,5-6H,2,4,7H2,1H3,(H,17,18). The van der Waals surface area contributed by atoms with Gasteiger partial charge < -0.3 is 10.0 Å². The summed E-state index contributed by atoms with van der Waals surface area (Å²) in [5, 5.41) is 19.8. The summed E-state index contributed by atoms with van der Waals surface area (Å²) in [7, 11) is 0. The third-order valence-electron chi connectivity index (χ3n) is 3.17. The second kappa shape index (κ2) is 5.28. The zero-order valence-electron chi connectivity index (χ0n) is 10.8. The second-order valence-electron chi connectivity index (χ2n) is 4.64. The Bertz CT molecular complexity index is 613. The average Bonchev–Trinajstić information content (AvgIpc) is 2.37. The molecule has 0 unspecified atom stereocenters. The fraction of sp³-hybridized carbons (Fsp3) is 0.308. The molecule has 1 aromatic rings. The van der Waals surface area contributed by atoms with Crippen molar-refractivity contribution in [2.45, 2.75) is 13.3 Å². The highest BCUT2D eigenvalue weighted by Gasteiger charge is 2.25. The topological polar surface area (TPSA) is 83.7 Å². The van der Waals surface area contributed by atoms with Gasteiger partial charge in [0, 0.05) is 13.1 Å². The highest BCUT2D eigenvalue weighted by molar-refractivity contribution is 5.93. The number of nitrogens with zero attached hydrogens (tertiary/aromatic N) is 2. The predicted octanol–water partition coefficient (Wildman–Crippen LogP) is 2.59. The summed E-state index contributed by atoms with van der Waals surface area (Å²) in [4.78, 5) is 22.6. The number of nitro groups is 1. The number of benzene rings is 1. The van der Waals surface area contributed by atoms with E-state index in [9.17, 15) is 19.3 Å². The van der Waals surface area contributed by atoms with Crippen molar-refractivity contribution in [3.8, 4) is 0 Å². The lowest BCUT2D eigenvalue weighted by molar-refractivity contribution is -0.385. The van der Waals surface area contributed by atoms with Gasteiger partial charge in [0.1, 0.15) is 5.56 Å². The van der Waals surface area contributed by atoms with Crippen LogP contribution in [0.25, 0.3) is 0 Å². The molecule has 0 saturated heterocycles. The van der Waals surface area contributed by atoms with Crippen LogP contribution in [-0.2, 0) is 0 Å². The van der Waals surface area contributed by atoms with E-state index in [0.717, 1.165) is 18.1 Å². The average molecular weight is 280 g/mol. The normalized spacial score (nSPS) is 14.9. The molecule has 0 spiro atoms. The van der Waals surface area contributed by atoms with Crippen LogP contribution in [0, 0.1) is 15.9 Å². The minimum absolute atomic E-state index is 0.0838. The number of rotatable bonds is 3. The lowest BCUT2D eigenvalue weighted by Crippen LogP contribution is -2.30. The van der Waals surface area contributed by atoms with Crippen LogP contribution in [0.5, 0.6) is 0 Å². The Kier molecular flexibility index (Phi) is 3.69. The first-order valence-corrected chi connectivity index (χ1v) is 6.02. The van der Waals surface area contributed by atoms with Gasteiger partial charge in [0.15, 0.2) is 5.82 Å². The van der Waals surface area contributed by atoms with E-state index in [1.807, 2.05) is 13.0 Å². The molecule has 0 atom stereocenters. The molecule has 0 radical (unpaired) electrons. The Morgan fingerprint density at radius 2 is 2.20 bits per heavy atom. The molecule has 1 aromatic carbocycles. The molecule has 7 heteroatoms. The number of carbonyl (C=O) groups is 1. The lowest BCUT2D eigenvalue weighted by Gasteiger charge is -2.28. The molecule has 1 aliphatic heterocycles. The molecular weight excluding hydrogens is 267 g/mol. The van der Waals surface area contributed by atoms with Gasteiger partial charge >= 0.3 is 5.97 Å². The Balaban J connectivity index is 2.49. The molecule has 20 heavy (non-hydrogen) atoms. The summed E-state index contributed by atoms with van der Waals surface area (Å²) in [6, 6.07) is 1.71. The number of hydrogen-bond acceptors (Lipinski definition) is 4. The van der Waals surface area contributed by atoms with Crippen molar-refractivity contribution in [2.75, 3.05) is 18.0 Å². The summed E-state index contributed by atoms with van der Waals surface area (Å²) in [6.07, 6.45) is 2.75. The number of aromatic carboxylic acids is 1. The van der Waals surface area contributed by atoms with Gasteiger partial charge in [-0.1, -0.05) is 11.6 Å². The molecule has 0 aliphatic carbocycles. The van der Waals surface area contributed by atoms with Gasteiger partial charge in [-0.2, -0.15) is 0 Å². The SMILES string of the molecule is CC1=CCCN(c2cc(C(=O)O)c([N+](=O)[O-])cc2F)C1. The van der Waals surface area contributed by atoms with Crippen molar-refractivity contribution < 1.29 is 19.2 Å². The van der Waals surface area contributed by atoms with Crippen LogP contribution in [0.2, 0.25) is 0 Å². The first-order chi connectivity index (χ1) is 9.40. The zero-order chi connectivity index (χ0) is 14.9. The van der Waals surface area contributed by atoms with Crippen molar-refractivity contribution in [2.24, 2.45) is 0 Å². The Labute approximate surface area is 114 Å². The van der Waals surface area contributed by atoms with E-state index in [1.165, 1.54) is 0 Å². The van der Waals surface area contributed by atoms with Crippen LogP contribution in [0.4, 0.5) is 15.8 Å². The van der Waals surface area contributed by atoms with Crippen LogP contribution in [0.1, 0.15) is 23.7 Å². The maximum Gasteiger partial charge on any atom is 0.342 e. The third kappa shape index (κ3) is 2.61. The summed E-state index contributed by atoms with van der Waals surface area (Å²) >= 11 is 0. The molecule has 0 saturated carbocycles. The molecule has 2 rings (SSSR count). The second-order valence-corrected chi connectivity index (χ2v) is 4.64. The number of anilines is 1. The van der Waals surface area contributed by atoms with Crippen molar-refractivity contribution in [1.29, 1.82) is 0 Å². The maximum atomic E-state index is 14.0. The number of nitro benzene ring substituents is 1. The van der Waals surface area contributed by atoms with Gasteiger partial charge in [-0.15, -0.1) is 0 Å². The zero-order valence-corrected chi connectivity index (χ0v) is 10.8. The van der Waals surface area contributed by atoms with Crippen molar-refractivity contribution in [3.63, 3.8) is 0 Å². The van der Waals surface area contributed by atoms with E-state index in [0.29, 0.717) is 19.2 Å². The number of carboxylic acid groups (broad SMARTS) is 1. The van der Waals surface area contributed by atoms with E-state index in [4.69, 9.17) is 5.11 Å². The smallest absolute Gasteiger partial charge is 0.342 e. The third-order valence-corrected chi connectivity index (χ3v) is 3.17. The molecular formula is C13H13FN2O4. The molecule has 0 fully saturated rings. The van der Waals surface area contributed by atoms with E-state index in [-0.39, 0.29) is 5.69 Å². The largest absolute Gasteiger partial charge is 0.477 e. The van der Waals surface area contributed by atoms with Crippen molar-refractivity contribution >= 4 is 17.3 Å². The quantitative estimate of drug-likeness (QED) is 0.522. The highest BCUT2D eigenvalue weighted by atomic mass is 19.1. The molecule has 0 amide bonds. The minimum Gasteiger partial charge on any atom is -0.477 e. The van der Waals surface area contributed by atoms with E-state index >= 15 is 0 Å². The number of halogens is 1. The molecule has 6 nitrogen and oxygen atoms in total.